The number of hydrogen-bond acceptors (Lipinski definition) is 3. The molecule has 0 bridgehead atoms. The SMILES string of the molecule is CCCCN(C)C(=O)c1ccc(-c2ccc(S(=O)(=O)N3CCCC3)cc2)cc1. The molecule has 1 heterocycles. The van der Waals surface area contributed by atoms with Crippen molar-refractivity contribution in [3.63, 3.8) is 0 Å². The quantitative estimate of drug-likeness (QED) is 0.706. The van der Waals surface area contributed by atoms with Gasteiger partial charge in [0, 0.05) is 32.2 Å². The van der Waals surface area contributed by atoms with E-state index in [-0.39, 0.29) is 5.91 Å². The number of rotatable bonds is 7. The van der Waals surface area contributed by atoms with Gasteiger partial charge in [0.2, 0.25) is 10.0 Å². The third-order valence-corrected chi connectivity index (χ3v) is 7.13. The summed E-state index contributed by atoms with van der Waals surface area (Å²) < 4.78 is 26.8. The van der Waals surface area contributed by atoms with Gasteiger partial charge in [-0.2, -0.15) is 4.31 Å². The van der Waals surface area contributed by atoms with Crippen molar-refractivity contribution in [2.45, 2.75) is 37.5 Å². The first-order valence-corrected chi connectivity index (χ1v) is 11.3. The molecule has 6 heteroatoms. The van der Waals surface area contributed by atoms with Gasteiger partial charge in [-0.15, -0.1) is 0 Å². The Morgan fingerprint density at radius 2 is 1.50 bits per heavy atom. The second-order valence-corrected chi connectivity index (χ2v) is 9.23. The van der Waals surface area contributed by atoms with E-state index >= 15 is 0 Å². The van der Waals surface area contributed by atoms with E-state index in [4.69, 9.17) is 0 Å². The second-order valence-electron chi connectivity index (χ2n) is 7.29. The lowest BCUT2D eigenvalue weighted by atomic mass is 10.0. The van der Waals surface area contributed by atoms with Gasteiger partial charge in [-0.3, -0.25) is 4.79 Å². The van der Waals surface area contributed by atoms with Gasteiger partial charge in [0.1, 0.15) is 0 Å². The molecule has 0 radical (unpaired) electrons. The van der Waals surface area contributed by atoms with Gasteiger partial charge in [0.25, 0.3) is 5.91 Å². The van der Waals surface area contributed by atoms with Gasteiger partial charge in [0.05, 0.1) is 4.90 Å². The Morgan fingerprint density at radius 3 is 2.04 bits per heavy atom. The summed E-state index contributed by atoms with van der Waals surface area (Å²) in [4.78, 5) is 14.5. The zero-order valence-corrected chi connectivity index (χ0v) is 17.4. The molecular weight excluding hydrogens is 372 g/mol. The van der Waals surface area contributed by atoms with E-state index < -0.39 is 10.0 Å². The zero-order chi connectivity index (χ0) is 20.1. The first-order valence-electron chi connectivity index (χ1n) is 9.89. The van der Waals surface area contributed by atoms with E-state index in [1.165, 1.54) is 0 Å². The Morgan fingerprint density at radius 1 is 0.964 bits per heavy atom. The van der Waals surface area contributed by atoms with Gasteiger partial charge in [-0.25, -0.2) is 8.42 Å². The molecule has 2 aromatic rings. The van der Waals surface area contributed by atoms with Crippen molar-refractivity contribution in [3.8, 4) is 11.1 Å². The maximum atomic E-state index is 12.6. The highest BCUT2D eigenvalue weighted by Gasteiger charge is 2.26. The molecule has 0 atom stereocenters. The summed E-state index contributed by atoms with van der Waals surface area (Å²) in [5, 5.41) is 0. The molecule has 3 rings (SSSR count). The third-order valence-electron chi connectivity index (χ3n) is 5.22. The summed E-state index contributed by atoms with van der Waals surface area (Å²) >= 11 is 0. The van der Waals surface area contributed by atoms with E-state index in [1.54, 1.807) is 21.3 Å². The van der Waals surface area contributed by atoms with Crippen LogP contribution in [0.5, 0.6) is 0 Å². The van der Waals surface area contributed by atoms with E-state index in [2.05, 4.69) is 6.92 Å². The van der Waals surface area contributed by atoms with Crippen molar-refractivity contribution in [2.24, 2.45) is 0 Å². The lowest BCUT2D eigenvalue weighted by Gasteiger charge is -2.17. The monoisotopic (exact) mass is 400 g/mol. The van der Waals surface area contributed by atoms with Crippen LogP contribution < -0.4 is 0 Å². The first kappa shape index (κ1) is 20.6. The fourth-order valence-corrected chi connectivity index (χ4v) is 4.94. The molecule has 0 aliphatic carbocycles. The van der Waals surface area contributed by atoms with E-state index in [9.17, 15) is 13.2 Å². The van der Waals surface area contributed by atoms with Crippen molar-refractivity contribution in [1.29, 1.82) is 0 Å². The van der Waals surface area contributed by atoms with E-state index in [0.29, 0.717) is 23.5 Å². The predicted molar refractivity (Wildman–Crippen MR) is 112 cm³/mol. The molecular formula is C22H28N2O3S. The van der Waals surface area contributed by atoms with Crippen molar-refractivity contribution in [3.05, 3.63) is 54.1 Å². The lowest BCUT2D eigenvalue weighted by Crippen LogP contribution is -2.27. The van der Waals surface area contributed by atoms with Crippen molar-refractivity contribution >= 4 is 15.9 Å². The van der Waals surface area contributed by atoms with Gasteiger partial charge in [-0.1, -0.05) is 37.6 Å². The first-order chi connectivity index (χ1) is 13.4. The number of benzene rings is 2. The number of carbonyl (C=O) groups excluding carboxylic acids is 1. The molecule has 0 N–H and O–H groups in total. The van der Waals surface area contributed by atoms with Gasteiger partial charge in [-0.05, 0) is 54.7 Å². The molecule has 0 saturated carbocycles. The van der Waals surface area contributed by atoms with E-state index in [0.717, 1.165) is 43.4 Å². The summed E-state index contributed by atoms with van der Waals surface area (Å²) in [7, 11) is -1.56. The molecule has 1 saturated heterocycles. The number of unbranched alkanes of at least 4 members (excludes halogenated alkanes) is 1. The van der Waals surface area contributed by atoms with Crippen LogP contribution in [-0.2, 0) is 10.0 Å². The average molecular weight is 401 g/mol. The Balaban J connectivity index is 1.73. The second kappa shape index (κ2) is 8.88. The highest BCUT2D eigenvalue weighted by atomic mass is 32.2. The molecule has 1 fully saturated rings. The molecule has 1 aliphatic heterocycles. The van der Waals surface area contributed by atoms with Crippen LogP contribution in [0.2, 0.25) is 0 Å². The van der Waals surface area contributed by atoms with Crippen LogP contribution in [0.3, 0.4) is 0 Å². The average Bonchev–Trinajstić information content (AvgIpc) is 3.27. The van der Waals surface area contributed by atoms with Crippen LogP contribution in [0, 0.1) is 0 Å². The highest BCUT2D eigenvalue weighted by molar-refractivity contribution is 7.89. The van der Waals surface area contributed by atoms with Crippen molar-refractivity contribution in [2.75, 3.05) is 26.7 Å². The molecule has 1 aliphatic rings. The number of amides is 1. The van der Waals surface area contributed by atoms with Crippen LogP contribution in [-0.4, -0.2) is 50.2 Å². The zero-order valence-electron chi connectivity index (χ0n) is 16.6. The predicted octanol–water partition coefficient (Wildman–Crippen LogP) is 4.01. The smallest absolute Gasteiger partial charge is 0.253 e. The van der Waals surface area contributed by atoms with Gasteiger partial charge in [0.15, 0.2) is 0 Å². The van der Waals surface area contributed by atoms with Crippen molar-refractivity contribution < 1.29 is 13.2 Å². The van der Waals surface area contributed by atoms with Crippen LogP contribution in [0.25, 0.3) is 11.1 Å². The molecule has 0 spiro atoms. The standard InChI is InChI=1S/C22H28N2O3S/c1-3-4-15-23(2)22(25)20-9-7-18(8-10-20)19-11-13-21(14-12-19)28(26,27)24-16-5-6-17-24/h7-14H,3-6,15-17H2,1-2H3. The highest BCUT2D eigenvalue weighted by Crippen LogP contribution is 2.25. The molecule has 0 unspecified atom stereocenters. The molecule has 28 heavy (non-hydrogen) atoms. The Hall–Kier alpha value is -2.18. The Labute approximate surface area is 168 Å². The van der Waals surface area contributed by atoms with Gasteiger partial charge >= 0.3 is 0 Å². The number of sulfonamides is 1. The summed E-state index contributed by atoms with van der Waals surface area (Å²) in [6, 6.07) is 14.5. The fourth-order valence-electron chi connectivity index (χ4n) is 3.42. The molecule has 150 valence electrons. The van der Waals surface area contributed by atoms with Crippen LogP contribution >= 0.6 is 0 Å². The molecule has 1 amide bonds. The largest absolute Gasteiger partial charge is 0.342 e. The number of carbonyl (C=O) groups is 1. The molecule has 5 nitrogen and oxygen atoms in total. The molecule has 2 aromatic carbocycles. The normalized spacial score (nSPS) is 14.9. The minimum absolute atomic E-state index is 0.0204. The Kier molecular flexibility index (Phi) is 6.52. The summed E-state index contributed by atoms with van der Waals surface area (Å²) in [5.74, 6) is 0.0204. The molecule has 0 aromatic heterocycles. The fraction of sp³-hybridized carbons (Fsp3) is 0.409. The summed E-state index contributed by atoms with van der Waals surface area (Å²) in [6.45, 7) is 4.07. The van der Waals surface area contributed by atoms with Crippen LogP contribution in [0.1, 0.15) is 43.0 Å². The topological polar surface area (TPSA) is 57.7 Å². The number of hydrogen-bond donors (Lipinski definition) is 0. The maximum Gasteiger partial charge on any atom is 0.253 e. The lowest BCUT2D eigenvalue weighted by molar-refractivity contribution is 0.0793. The third kappa shape index (κ3) is 4.45. The van der Waals surface area contributed by atoms with E-state index in [1.807, 2.05) is 43.4 Å². The minimum atomic E-state index is -3.39. The number of nitrogens with zero attached hydrogens (tertiary/aromatic N) is 2. The summed E-state index contributed by atoms with van der Waals surface area (Å²) in [6.07, 6.45) is 3.90. The van der Waals surface area contributed by atoms with Gasteiger partial charge < -0.3 is 4.90 Å². The van der Waals surface area contributed by atoms with Crippen molar-refractivity contribution in [1.82, 2.24) is 9.21 Å². The van der Waals surface area contributed by atoms with Crippen LogP contribution in [0.4, 0.5) is 0 Å². The van der Waals surface area contributed by atoms with Crippen LogP contribution in [0.15, 0.2) is 53.4 Å². The minimum Gasteiger partial charge on any atom is -0.342 e. The summed E-state index contributed by atoms with van der Waals surface area (Å²) in [5.41, 5.74) is 2.55. The maximum absolute atomic E-state index is 12.6. The Bertz CT molecular complexity index is 900.